The molecule has 2 aromatic rings. The maximum atomic E-state index is 13.3. The number of nitrogens with two attached hydrogens (primary N) is 1. The number of quaternary nitrogens is 1. The number of halogens is 1. The summed E-state index contributed by atoms with van der Waals surface area (Å²) in [5.74, 6) is -0.666. The van der Waals surface area contributed by atoms with Crippen LogP contribution in [0, 0.1) is 15.9 Å². The lowest BCUT2D eigenvalue weighted by Crippen LogP contribution is -2.82. The van der Waals surface area contributed by atoms with Crippen LogP contribution in [0.4, 0.5) is 15.8 Å². The molecular formula is C18H21FN3O4+. The van der Waals surface area contributed by atoms with Crippen molar-refractivity contribution in [2.45, 2.75) is 12.3 Å². The Kier molecular flexibility index (Phi) is 5.34. The minimum Gasteiger partial charge on any atom is -0.484 e. The van der Waals surface area contributed by atoms with E-state index in [0.29, 0.717) is 6.54 Å². The lowest BCUT2D eigenvalue weighted by molar-refractivity contribution is -0.697. The number of benzene rings is 2. The van der Waals surface area contributed by atoms with Gasteiger partial charge in [-0.05, 0) is 30.3 Å². The predicted octanol–water partition coefficient (Wildman–Crippen LogP) is 1.84. The Morgan fingerprint density at radius 3 is 2.69 bits per heavy atom. The molecule has 0 spiro atoms. The van der Waals surface area contributed by atoms with Gasteiger partial charge in [-0.3, -0.25) is 10.1 Å². The first-order valence-electron chi connectivity index (χ1n) is 8.27. The summed E-state index contributed by atoms with van der Waals surface area (Å²) in [7, 11) is 3.96. The first-order chi connectivity index (χ1) is 12.4. The second kappa shape index (κ2) is 7.67. The van der Waals surface area contributed by atoms with Gasteiger partial charge in [-0.15, -0.1) is 0 Å². The molecule has 0 amide bonds. The topological polar surface area (TPSA) is 81.5 Å². The Bertz CT molecular complexity index is 783. The number of hydrogen-bond acceptors (Lipinski definition) is 5. The van der Waals surface area contributed by atoms with Gasteiger partial charge in [-0.1, -0.05) is 0 Å². The molecule has 0 radical (unpaired) electrons. The first-order valence-corrected chi connectivity index (χ1v) is 8.27. The van der Waals surface area contributed by atoms with Gasteiger partial charge in [0.05, 0.1) is 4.92 Å². The minimum atomic E-state index is -0.592. The number of nitrogens with zero attached hydrogens (tertiary/aromatic N) is 2. The molecule has 138 valence electrons. The second-order valence-electron chi connectivity index (χ2n) is 6.32. The Labute approximate surface area is 150 Å². The Morgan fingerprint density at radius 1 is 1.31 bits per heavy atom. The summed E-state index contributed by atoms with van der Waals surface area (Å²) < 4.78 is 24.7. The summed E-state index contributed by atoms with van der Waals surface area (Å²) in [5.41, 5.74) is 1.88. The third-order valence-electron chi connectivity index (χ3n) is 4.23. The first kappa shape index (κ1) is 18.1. The van der Waals surface area contributed by atoms with E-state index in [0.717, 1.165) is 29.4 Å². The summed E-state index contributed by atoms with van der Waals surface area (Å²) in [6, 6.07) is 11.2. The molecule has 3 rings (SSSR count). The maximum absolute atomic E-state index is 13.3. The van der Waals surface area contributed by atoms with E-state index >= 15 is 0 Å². The molecule has 0 unspecified atom stereocenters. The van der Waals surface area contributed by atoms with Crippen molar-refractivity contribution in [2.75, 3.05) is 32.1 Å². The van der Waals surface area contributed by atoms with E-state index in [4.69, 9.17) is 9.47 Å². The van der Waals surface area contributed by atoms with E-state index in [-0.39, 0.29) is 30.4 Å². The fourth-order valence-electron chi connectivity index (χ4n) is 2.82. The van der Waals surface area contributed by atoms with Crippen LogP contribution in [-0.2, 0) is 4.74 Å². The molecule has 1 fully saturated rings. The minimum absolute atomic E-state index is 0.0858. The third-order valence-corrected chi connectivity index (χ3v) is 4.23. The predicted molar refractivity (Wildman–Crippen MR) is 93.7 cm³/mol. The maximum Gasteiger partial charge on any atom is 0.311 e. The molecule has 0 aliphatic carbocycles. The molecule has 26 heavy (non-hydrogen) atoms. The number of hydrogen-bond donors (Lipinski definition) is 1. The summed E-state index contributed by atoms with van der Waals surface area (Å²) in [6.07, 6.45) is -0.390. The molecule has 2 N–H and O–H groups in total. The number of anilines is 1. The van der Waals surface area contributed by atoms with Crippen molar-refractivity contribution in [3.63, 3.8) is 0 Å². The van der Waals surface area contributed by atoms with Gasteiger partial charge in [-0.2, -0.15) is 0 Å². The molecule has 7 nitrogen and oxygen atoms in total. The zero-order chi connectivity index (χ0) is 18.7. The van der Waals surface area contributed by atoms with E-state index in [2.05, 4.69) is 0 Å². The highest BCUT2D eigenvalue weighted by Crippen LogP contribution is 2.28. The van der Waals surface area contributed by atoms with Crippen molar-refractivity contribution in [1.82, 2.24) is 0 Å². The number of rotatable bonds is 6. The summed E-state index contributed by atoms with van der Waals surface area (Å²) in [5, 5.41) is 13.0. The monoisotopic (exact) mass is 362 g/mol. The van der Waals surface area contributed by atoms with Crippen LogP contribution in [0.15, 0.2) is 42.5 Å². The number of nitro benzene ring substituents is 1. The molecule has 0 aromatic heterocycles. The number of ether oxygens (including phenoxy) is 2. The molecule has 0 bridgehead atoms. The van der Waals surface area contributed by atoms with Crippen LogP contribution in [0.25, 0.3) is 0 Å². The van der Waals surface area contributed by atoms with E-state index < -0.39 is 10.7 Å². The van der Waals surface area contributed by atoms with E-state index in [9.17, 15) is 14.5 Å². The van der Waals surface area contributed by atoms with Crippen molar-refractivity contribution < 1.29 is 24.1 Å². The lowest BCUT2D eigenvalue weighted by atomic mass is 10.2. The Balaban J connectivity index is 1.60. The molecule has 1 aliphatic heterocycles. The van der Waals surface area contributed by atoms with Crippen LogP contribution in [-0.4, -0.2) is 38.3 Å². The molecule has 1 heterocycles. The van der Waals surface area contributed by atoms with Gasteiger partial charge < -0.3 is 19.7 Å². The molecule has 2 aromatic carbocycles. The molecule has 1 saturated heterocycles. The Morgan fingerprint density at radius 2 is 2.04 bits per heavy atom. The van der Waals surface area contributed by atoms with E-state index in [1.54, 1.807) is 0 Å². The van der Waals surface area contributed by atoms with Crippen molar-refractivity contribution in [1.29, 1.82) is 0 Å². The number of nitro groups is 1. The highest BCUT2D eigenvalue weighted by atomic mass is 19.1. The molecule has 8 heteroatoms. The van der Waals surface area contributed by atoms with Crippen LogP contribution < -0.4 is 15.0 Å². The van der Waals surface area contributed by atoms with Crippen LogP contribution in [0.2, 0.25) is 0 Å². The zero-order valence-electron chi connectivity index (χ0n) is 14.6. The molecule has 0 saturated carbocycles. The van der Waals surface area contributed by atoms with Crippen LogP contribution in [0.1, 0.15) is 11.8 Å². The van der Waals surface area contributed by atoms with Gasteiger partial charge in [0.2, 0.25) is 6.23 Å². The standard InChI is InChI=1S/C18H20FN3O4/c1-21(2)14-6-3-12(4-7-14)18-20-10-15(26-18)11-25-17-9-13(19)5-8-16(17)22(23)24/h3-9,15,18,20H,10-11H2,1-2H3/p+1/t15-,18+/m0/s1. The molecule has 2 atom stereocenters. The average molecular weight is 362 g/mol. The second-order valence-corrected chi connectivity index (χ2v) is 6.32. The van der Waals surface area contributed by atoms with Crippen LogP contribution in [0.5, 0.6) is 5.75 Å². The normalized spacial score (nSPS) is 19.3. The van der Waals surface area contributed by atoms with Gasteiger partial charge in [-0.25, -0.2) is 4.39 Å². The zero-order valence-corrected chi connectivity index (χ0v) is 14.6. The lowest BCUT2D eigenvalue weighted by Gasteiger charge is -2.14. The smallest absolute Gasteiger partial charge is 0.311 e. The molecule has 1 aliphatic rings. The summed E-state index contributed by atoms with van der Waals surface area (Å²) >= 11 is 0. The third kappa shape index (κ3) is 4.09. The largest absolute Gasteiger partial charge is 0.484 e. The fourth-order valence-corrected chi connectivity index (χ4v) is 2.82. The van der Waals surface area contributed by atoms with Gasteiger partial charge in [0.15, 0.2) is 5.75 Å². The van der Waals surface area contributed by atoms with Crippen LogP contribution in [0.3, 0.4) is 0 Å². The highest BCUT2D eigenvalue weighted by molar-refractivity contribution is 5.47. The highest BCUT2D eigenvalue weighted by Gasteiger charge is 2.31. The molecular weight excluding hydrogens is 341 g/mol. The average Bonchev–Trinajstić information content (AvgIpc) is 3.09. The van der Waals surface area contributed by atoms with Gasteiger partial charge in [0.25, 0.3) is 0 Å². The Hall–Kier alpha value is -2.71. The SMILES string of the molecule is CN(C)c1ccc([C@@H]2[NH2+]C[C@@H](COc3cc(F)ccc3[N+](=O)[O-])O2)cc1. The van der Waals surface area contributed by atoms with E-state index in [1.807, 2.05) is 48.6 Å². The summed E-state index contributed by atoms with van der Waals surface area (Å²) in [4.78, 5) is 12.4. The summed E-state index contributed by atoms with van der Waals surface area (Å²) in [6.45, 7) is 0.774. The van der Waals surface area contributed by atoms with Gasteiger partial charge >= 0.3 is 5.69 Å². The van der Waals surface area contributed by atoms with Crippen LogP contribution >= 0.6 is 0 Å². The van der Waals surface area contributed by atoms with Crippen molar-refractivity contribution in [3.8, 4) is 5.75 Å². The van der Waals surface area contributed by atoms with Gasteiger partial charge in [0, 0.05) is 37.5 Å². The quantitative estimate of drug-likeness (QED) is 0.626. The van der Waals surface area contributed by atoms with Crippen molar-refractivity contribution >= 4 is 11.4 Å². The fraction of sp³-hybridized carbons (Fsp3) is 0.333. The van der Waals surface area contributed by atoms with Crippen molar-refractivity contribution in [2.24, 2.45) is 0 Å². The van der Waals surface area contributed by atoms with E-state index in [1.165, 1.54) is 0 Å². The van der Waals surface area contributed by atoms with Crippen molar-refractivity contribution in [3.05, 3.63) is 64.0 Å². The van der Waals surface area contributed by atoms with Gasteiger partial charge in [0.1, 0.15) is 25.1 Å².